The van der Waals surface area contributed by atoms with Gasteiger partial charge in [0.05, 0.1) is 19.3 Å². The molecule has 2 aromatic heterocycles. The topological polar surface area (TPSA) is 133 Å². The third kappa shape index (κ3) is 7.37. The molecule has 0 spiro atoms. The maximum Gasteiger partial charge on any atom is 0.433 e. The number of carbonyl (C=O) groups is 2. The molecule has 10 nitrogen and oxygen atoms in total. The van der Waals surface area contributed by atoms with E-state index in [4.69, 9.17) is 18.6 Å². The molecule has 1 atom stereocenters. The number of nitrogens with one attached hydrogen (secondary N) is 1. The largest absolute Gasteiger partial charge is 0.494 e. The Morgan fingerprint density at radius 1 is 1.03 bits per heavy atom. The summed E-state index contributed by atoms with van der Waals surface area (Å²) in [6, 6.07) is 3.66. The summed E-state index contributed by atoms with van der Waals surface area (Å²) in [6.45, 7) is 10.1. The summed E-state index contributed by atoms with van der Waals surface area (Å²) in [5.74, 6) is -1.85. The third-order valence-electron chi connectivity index (χ3n) is 5.11. The summed E-state index contributed by atoms with van der Waals surface area (Å²) in [5.41, 5.74) is -3.12. The number of methoxy groups -OCH3 is 1. The Hall–Kier alpha value is -3.87. The van der Waals surface area contributed by atoms with Crippen molar-refractivity contribution >= 4 is 23.0 Å². The molecule has 3 rings (SSSR count). The molecule has 0 aliphatic heterocycles. The number of nitrogens with zero attached hydrogens (tertiary/aromatic N) is 2. The summed E-state index contributed by atoms with van der Waals surface area (Å²) in [6.07, 6.45) is -5.55. The predicted octanol–water partition coefficient (Wildman–Crippen LogP) is 6.00. The van der Waals surface area contributed by atoms with E-state index in [2.05, 4.69) is 15.3 Å². The second kappa shape index (κ2) is 10.7. The quantitative estimate of drug-likeness (QED) is 0.362. The average molecular weight is 554 g/mol. The molecule has 212 valence electrons. The van der Waals surface area contributed by atoms with E-state index in [0.717, 1.165) is 6.07 Å². The summed E-state index contributed by atoms with van der Waals surface area (Å²) in [5, 5.41) is 12.6. The van der Waals surface area contributed by atoms with Crippen LogP contribution >= 0.6 is 0 Å². The molecule has 0 fully saturated rings. The number of alkyl halides is 3. The van der Waals surface area contributed by atoms with Crippen molar-refractivity contribution in [3.63, 3.8) is 0 Å². The van der Waals surface area contributed by atoms with Crippen LogP contribution in [0.15, 0.2) is 28.7 Å². The van der Waals surface area contributed by atoms with Crippen LogP contribution in [0.5, 0.6) is 5.75 Å². The minimum atomic E-state index is -4.70. The Labute approximate surface area is 222 Å². The average Bonchev–Trinajstić information content (AvgIpc) is 3.23. The van der Waals surface area contributed by atoms with E-state index in [1.165, 1.54) is 25.3 Å². The predicted molar refractivity (Wildman–Crippen MR) is 134 cm³/mol. The zero-order valence-corrected chi connectivity index (χ0v) is 22.5. The number of pyridine rings is 1. The molecule has 3 aromatic rings. The Balaban J connectivity index is 2.16. The first-order valence-electron chi connectivity index (χ1n) is 11.8. The molecular formula is C26H30F3N3O7. The standard InChI is InChI=1S/C26H30F3N3O7/c1-24(2,3)37-12-15(30-23(35)39-25(4,5)6)20-19(22(33)34)32-21(38-20)14-8-10-16(36-7)18-13(14)9-11-17(31-18)26(27,28)29/h8-11,15H,12H2,1-7H3,(H,30,35)(H,33,34)/t15-/m0/s1. The SMILES string of the molecule is COc1ccc(-c2nc(C(=O)O)c([C@H](COC(C)(C)C)NC(=O)OC(C)(C)C)o2)c2ccc(C(F)(F)F)nc12. The maximum atomic E-state index is 13.3. The van der Waals surface area contributed by atoms with Gasteiger partial charge < -0.3 is 29.1 Å². The normalized spacial score (nSPS) is 13.3. The summed E-state index contributed by atoms with van der Waals surface area (Å²) in [7, 11) is 1.28. The molecule has 0 saturated heterocycles. The molecule has 39 heavy (non-hydrogen) atoms. The lowest BCUT2D eigenvalue weighted by Crippen LogP contribution is -2.38. The number of rotatable bonds is 7. The molecule has 2 heterocycles. The van der Waals surface area contributed by atoms with E-state index in [1.54, 1.807) is 41.5 Å². The molecule has 1 amide bonds. The Bertz CT molecular complexity index is 1370. The van der Waals surface area contributed by atoms with Gasteiger partial charge in [-0.25, -0.2) is 19.6 Å². The number of halogens is 3. The highest BCUT2D eigenvalue weighted by Gasteiger charge is 2.34. The van der Waals surface area contributed by atoms with Gasteiger partial charge in [0.25, 0.3) is 0 Å². The smallest absolute Gasteiger partial charge is 0.433 e. The van der Waals surface area contributed by atoms with Crippen LogP contribution in [-0.2, 0) is 15.7 Å². The number of carboxylic acids is 1. The Kier molecular flexibility index (Phi) is 8.15. The molecule has 0 aliphatic carbocycles. The molecule has 2 N–H and O–H groups in total. The number of hydrogen-bond acceptors (Lipinski definition) is 8. The third-order valence-corrected chi connectivity index (χ3v) is 5.11. The number of benzene rings is 1. The van der Waals surface area contributed by atoms with Crippen molar-refractivity contribution in [1.82, 2.24) is 15.3 Å². The molecule has 1 aromatic carbocycles. The molecule has 13 heteroatoms. The first kappa shape index (κ1) is 29.7. The zero-order chi connectivity index (χ0) is 29.3. The van der Waals surface area contributed by atoms with Crippen LogP contribution in [0.3, 0.4) is 0 Å². The summed E-state index contributed by atoms with van der Waals surface area (Å²) >= 11 is 0. The monoisotopic (exact) mass is 553 g/mol. The highest BCUT2D eigenvalue weighted by Crippen LogP contribution is 2.37. The van der Waals surface area contributed by atoms with Crippen molar-refractivity contribution in [3.8, 4) is 17.2 Å². The summed E-state index contributed by atoms with van der Waals surface area (Å²) in [4.78, 5) is 32.5. The molecule has 0 unspecified atom stereocenters. The number of fused-ring (bicyclic) bond motifs is 1. The molecule has 0 saturated carbocycles. The first-order valence-corrected chi connectivity index (χ1v) is 11.8. The lowest BCUT2D eigenvalue weighted by molar-refractivity contribution is -0.140. The van der Waals surface area contributed by atoms with Gasteiger partial charge in [-0.3, -0.25) is 0 Å². The Morgan fingerprint density at radius 2 is 1.69 bits per heavy atom. The van der Waals surface area contributed by atoms with Gasteiger partial charge >= 0.3 is 18.2 Å². The van der Waals surface area contributed by atoms with Crippen molar-refractivity contribution in [3.05, 3.63) is 41.4 Å². The summed E-state index contributed by atoms with van der Waals surface area (Å²) < 4.78 is 62.1. The van der Waals surface area contributed by atoms with Crippen LogP contribution in [-0.4, -0.2) is 52.1 Å². The molecule has 0 aliphatic rings. The number of alkyl carbamates (subject to hydrolysis) is 1. The minimum absolute atomic E-state index is 0.0631. The lowest BCUT2D eigenvalue weighted by Gasteiger charge is -2.26. The van der Waals surface area contributed by atoms with Crippen molar-refractivity contribution in [2.75, 3.05) is 13.7 Å². The van der Waals surface area contributed by atoms with Gasteiger partial charge in [-0.2, -0.15) is 13.2 Å². The van der Waals surface area contributed by atoms with E-state index in [0.29, 0.717) is 0 Å². The van der Waals surface area contributed by atoms with E-state index in [1.807, 2.05) is 0 Å². The number of aromatic carboxylic acids is 1. The number of carboxylic acid groups (broad SMARTS) is 1. The number of amides is 1. The van der Waals surface area contributed by atoms with Crippen LogP contribution < -0.4 is 10.1 Å². The number of oxazole rings is 1. The van der Waals surface area contributed by atoms with E-state index in [-0.39, 0.29) is 40.5 Å². The number of hydrogen-bond donors (Lipinski definition) is 2. The fourth-order valence-corrected chi connectivity index (χ4v) is 3.50. The van der Waals surface area contributed by atoms with Crippen molar-refractivity contribution in [1.29, 1.82) is 0 Å². The number of carbonyl (C=O) groups excluding carboxylic acids is 1. The van der Waals surface area contributed by atoms with Crippen molar-refractivity contribution in [2.45, 2.75) is 65.0 Å². The van der Waals surface area contributed by atoms with Crippen LogP contribution in [0.25, 0.3) is 22.4 Å². The molecule has 0 bridgehead atoms. The maximum absolute atomic E-state index is 13.3. The highest BCUT2D eigenvalue weighted by atomic mass is 19.4. The second-order valence-corrected chi connectivity index (χ2v) is 10.6. The van der Waals surface area contributed by atoms with E-state index >= 15 is 0 Å². The van der Waals surface area contributed by atoms with Gasteiger partial charge in [-0.05, 0) is 65.8 Å². The number of aromatic nitrogens is 2. The fraction of sp³-hybridized carbons (Fsp3) is 0.462. The first-order chi connectivity index (χ1) is 17.9. The van der Waals surface area contributed by atoms with Crippen molar-refractivity contribution in [2.24, 2.45) is 0 Å². The van der Waals surface area contributed by atoms with Gasteiger partial charge in [-0.15, -0.1) is 0 Å². The Morgan fingerprint density at radius 3 is 2.23 bits per heavy atom. The van der Waals surface area contributed by atoms with Crippen LogP contribution in [0.1, 0.15) is 69.5 Å². The van der Waals surface area contributed by atoms with Gasteiger partial charge in [0.15, 0.2) is 11.5 Å². The second-order valence-electron chi connectivity index (χ2n) is 10.6. The van der Waals surface area contributed by atoms with Crippen LogP contribution in [0.4, 0.5) is 18.0 Å². The van der Waals surface area contributed by atoms with Gasteiger partial charge in [0, 0.05) is 10.9 Å². The molecular weight excluding hydrogens is 523 g/mol. The lowest BCUT2D eigenvalue weighted by atomic mass is 10.1. The van der Waals surface area contributed by atoms with Crippen molar-refractivity contribution < 1.29 is 46.5 Å². The van der Waals surface area contributed by atoms with Crippen LogP contribution in [0.2, 0.25) is 0 Å². The fourth-order valence-electron chi connectivity index (χ4n) is 3.50. The van der Waals surface area contributed by atoms with Gasteiger partial charge in [-0.1, -0.05) is 0 Å². The van der Waals surface area contributed by atoms with Crippen LogP contribution in [0, 0.1) is 0 Å². The number of ether oxygens (including phenoxy) is 3. The van der Waals surface area contributed by atoms with E-state index < -0.39 is 46.9 Å². The minimum Gasteiger partial charge on any atom is -0.494 e. The molecule has 0 radical (unpaired) electrons. The van der Waals surface area contributed by atoms with Gasteiger partial charge in [0.1, 0.15) is 28.6 Å². The zero-order valence-electron chi connectivity index (χ0n) is 22.5. The highest BCUT2D eigenvalue weighted by molar-refractivity contribution is 5.97. The van der Waals surface area contributed by atoms with E-state index in [9.17, 15) is 27.9 Å². The van der Waals surface area contributed by atoms with Gasteiger partial charge in [0.2, 0.25) is 5.89 Å².